The number of nitrogens with zero attached hydrogens (tertiary/aromatic N) is 5. The molecule has 0 spiro atoms. The van der Waals surface area contributed by atoms with Crippen LogP contribution in [0.15, 0.2) is 48.5 Å². The minimum absolute atomic E-state index is 0.176. The summed E-state index contributed by atoms with van der Waals surface area (Å²) in [5, 5.41) is 14.4. The van der Waals surface area contributed by atoms with Crippen LogP contribution < -0.4 is 15.0 Å². The number of ether oxygens (including phenoxy) is 1. The molecule has 0 atom stereocenters. The summed E-state index contributed by atoms with van der Waals surface area (Å²) in [6.07, 6.45) is 3.79. The lowest BCUT2D eigenvalue weighted by Gasteiger charge is -2.28. The van der Waals surface area contributed by atoms with Crippen molar-refractivity contribution in [1.82, 2.24) is 20.2 Å². The molecule has 0 saturated carbocycles. The molecule has 2 heterocycles. The number of tetrazole rings is 1. The van der Waals surface area contributed by atoms with E-state index in [0.717, 1.165) is 18.8 Å². The van der Waals surface area contributed by atoms with Gasteiger partial charge in [0.05, 0.1) is 0 Å². The maximum atomic E-state index is 12.7. The highest BCUT2D eigenvalue weighted by Crippen LogP contribution is 2.22. The number of rotatable bonds is 7. The fourth-order valence-electron chi connectivity index (χ4n) is 3.56. The Labute approximate surface area is 175 Å². The van der Waals surface area contributed by atoms with Crippen LogP contribution in [0.2, 0.25) is 0 Å². The van der Waals surface area contributed by atoms with E-state index in [2.05, 4.69) is 37.9 Å². The summed E-state index contributed by atoms with van der Waals surface area (Å²) < 4.78 is 7.44. The average molecular weight is 406 g/mol. The number of anilines is 2. The van der Waals surface area contributed by atoms with E-state index in [1.807, 2.05) is 25.1 Å². The van der Waals surface area contributed by atoms with E-state index in [1.54, 1.807) is 22.9 Å². The van der Waals surface area contributed by atoms with Crippen LogP contribution in [-0.2, 0) is 13.2 Å². The average Bonchev–Trinajstić information content (AvgIpc) is 3.27. The molecular formula is C22H26N6O2. The van der Waals surface area contributed by atoms with Gasteiger partial charge in [-0.2, -0.15) is 0 Å². The Morgan fingerprint density at radius 1 is 1.10 bits per heavy atom. The third-order valence-corrected chi connectivity index (χ3v) is 5.22. The molecule has 1 aliphatic heterocycles. The molecule has 1 aliphatic rings. The number of benzene rings is 2. The molecule has 30 heavy (non-hydrogen) atoms. The van der Waals surface area contributed by atoms with Gasteiger partial charge < -0.3 is 15.0 Å². The number of carbonyl (C=O) groups is 1. The largest absolute Gasteiger partial charge is 0.486 e. The monoisotopic (exact) mass is 406 g/mol. The van der Waals surface area contributed by atoms with Gasteiger partial charge in [-0.25, -0.2) is 4.68 Å². The van der Waals surface area contributed by atoms with E-state index in [1.165, 1.54) is 24.9 Å². The van der Waals surface area contributed by atoms with Crippen molar-refractivity contribution in [2.45, 2.75) is 39.3 Å². The predicted octanol–water partition coefficient (Wildman–Crippen LogP) is 3.51. The van der Waals surface area contributed by atoms with Crippen LogP contribution in [0, 0.1) is 0 Å². The number of nitrogens with one attached hydrogen (secondary N) is 1. The van der Waals surface area contributed by atoms with Crippen molar-refractivity contribution in [2.75, 3.05) is 23.3 Å². The van der Waals surface area contributed by atoms with Gasteiger partial charge in [-0.15, -0.1) is 5.10 Å². The van der Waals surface area contributed by atoms with E-state index in [-0.39, 0.29) is 12.5 Å². The van der Waals surface area contributed by atoms with Gasteiger partial charge in [0, 0.05) is 36.6 Å². The van der Waals surface area contributed by atoms with Crippen molar-refractivity contribution in [3.63, 3.8) is 0 Å². The van der Waals surface area contributed by atoms with Crippen LogP contribution in [0.3, 0.4) is 0 Å². The lowest BCUT2D eigenvalue weighted by atomic mass is 10.1. The lowest BCUT2D eigenvalue weighted by molar-refractivity contribution is 0.102. The van der Waals surface area contributed by atoms with E-state index in [0.29, 0.717) is 23.7 Å². The molecule has 0 radical (unpaired) electrons. The maximum Gasteiger partial charge on any atom is 0.255 e. The fraction of sp³-hybridized carbons (Fsp3) is 0.364. The van der Waals surface area contributed by atoms with Gasteiger partial charge in [0.25, 0.3) is 5.91 Å². The fourth-order valence-corrected chi connectivity index (χ4v) is 3.56. The molecule has 3 aromatic rings. The van der Waals surface area contributed by atoms with Crippen LogP contribution in [0.5, 0.6) is 5.75 Å². The minimum Gasteiger partial charge on any atom is -0.486 e. The Kier molecular flexibility index (Phi) is 6.22. The molecule has 1 fully saturated rings. The van der Waals surface area contributed by atoms with E-state index >= 15 is 0 Å². The number of aryl methyl sites for hydroxylation is 1. The Hall–Kier alpha value is -3.42. The van der Waals surface area contributed by atoms with Crippen molar-refractivity contribution < 1.29 is 9.53 Å². The zero-order chi connectivity index (χ0) is 20.8. The summed E-state index contributed by atoms with van der Waals surface area (Å²) in [5.74, 6) is 1.06. The summed E-state index contributed by atoms with van der Waals surface area (Å²) in [6.45, 7) is 5.07. The van der Waals surface area contributed by atoms with Crippen LogP contribution in [0.25, 0.3) is 0 Å². The lowest BCUT2D eigenvalue weighted by Crippen LogP contribution is -2.29. The molecule has 0 bridgehead atoms. The van der Waals surface area contributed by atoms with Gasteiger partial charge in [0.15, 0.2) is 5.82 Å². The first-order chi connectivity index (χ1) is 14.7. The number of aromatic nitrogens is 4. The first-order valence-corrected chi connectivity index (χ1v) is 10.4. The molecule has 1 aromatic heterocycles. The molecule has 8 nitrogen and oxygen atoms in total. The van der Waals surface area contributed by atoms with Crippen molar-refractivity contribution in [3.8, 4) is 5.75 Å². The van der Waals surface area contributed by atoms with E-state index in [9.17, 15) is 4.79 Å². The SMILES string of the molecule is CCn1nnnc1COc1cccc(C(=O)Nc2ccc(N3CCCCC3)cc2)c1. The summed E-state index contributed by atoms with van der Waals surface area (Å²) in [7, 11) is 0. The standard InChI is InChI=1S/C22H26N6O2/c1-2-28-21(24-25-26-28)16-30-20-8-6-7-17(15-20)22(29)23-18-9-11-19(12-10-18)27-13-4-3-5-14-27/h6-12,15H,2-5,13-14,16H2,1H3,(H,23,29). The first-order valence-electron chi connectivity index (χ1n) is 10.4. The third-order valence-electron chi connectivity index (χ3n) is 5.22. The first kappa shape index (κ1) is 19.9. The second-order valence-corrected chi connectivity index (χ2v) is 7.28. The Morgan fingerprint density at radius 2 is 1.90 bits per heavy atom. The van der Waals surface area contributed by atoms with Gasteiger partial charge in [-0.3, -0.25) is 4.79 Å². The Balaban J connectivity index is 1.37. The number of hydrogen-bond acceptors (Lipinski definition) is 6. The molecule has 1 amide bonds. The van der Waals surface area contributed by atoms with Crippen molar-refractivity contribution >= 4 is 17.3 Å². The number of piperidine rings is 1. The topological polar surface area (TPSA) is 85.2 Å². The number of amides is 1. The summed E-state index contributed by atoms with van der Waals surface area (Å²) in [6, 6.07) is 15.1. The molecule has 0 unspecified atom stereocenters. The molecule has 4 rings (SSSR count). The van der Waals surface area contributed by atoms with E-state index in [4.69, 9.17) is 4.74 Å². The molecular weight excluding hydrogens is 380 g/mol. The Morgan fingerprint density at radius 3 is 2.67 bits per heavy atom. The predicted molar refractivity (Wildman–Crippen MR) is 115 cm³/mol. The normalized spacial score (nSPS) is 13.8. The van der Waals surface area contributed by atoms with Crippen LogP contribution in [0.1, 0.15) is 42.4 Å². The smallest absolute Gasteiger partial charge is 0.255 e. The molecule has 1 saturated heterocycles. The summed E-state index contributed by atoms with van der Waals surface area (Å²) in [4.78, 5) is 15.1. The zero-order valence-corrected chi connectivity index (χ0v) is 17.1. The van der Waals surface area contributed by atoms with Gasteiger partial charge in [0.1, 0.15) is 12.4 Å². The second-order valence-electron chi connectivity index (χ2n) is 7.28. The molecule has 2 aromatic carbocycles. The van der Waals surface area contributed by atoms with Crippen molar-refractivity contribution in [1.29, 1.82) is 0 Å². The van der Waals surface area contributed by atoms with Crippen LogP contribution >= 0.6 is 0 Å². The highest BCUT2D eigenvalue weighted by Gasteiger charge is 2.12. The zero-order valence-electron chi connectivity index (χ0n) is 17.1. The van der Waals surface area contributed by atoms with Gasteiger partial charge in [-0.05, 0) is 79.1 Å². The Bertz CT molecular complexity index is 979. The highest BCUT2D eigenvalue weighted by molar-refractivity contribution is 6.04. The number of hydrogen-bond donors (Lipinski definition) is 1. The van der Waals surface area contributed by atoms with Gasteiger partial charge in [0.2, 0.25) is 0 Å². The third kappa shape index (κ3) is 4.76. The van der Waals surface area contributed by atoms with Crippen LogP contribution in [0.4, 0.5) is 11.4 Å². The minimum atomic E-state index is -0.176. The summed E-state index contributed by atoms with van der Waals surface area (Å²) in [5.41, 5.74) is 2.51. The molecule has 0 aliphatic carbocycles. The van der Waals surface area contributed by atoms with Crippen LogP contribution in [-0.4, -0.2) is 39.2 Å². The molecule has 8 heteroatoms. The van der Waals surface area contributed by atoms with Gasteiger partial charge in [-0.1, -0.05) is 6.07 Å². The number of carbonyl (C=O) groups excluding carboxylic acids is 1. The molecule has 156 valence electrons. The quantitative estimate of drug-likeness (QED) is 0.646. The highest BCUT2D eigenvalue weighted by atomic mass is 16.5. The van der Waals surface area contributed by atoms with Crippen molar-refractivity contribution in [3.05, 3.63) is 59.9 Å². The molecule has 1 N–H and O–H groups in total. The summed E-state index contributed by atoms with van der Waals surface area (Å²) >= 11 is 0. The second kappa shape index (κ2) is 9.39. The van der Waals surface area contributed by atoms with E-state index < -0.39 is 0 Å². The van der Waals surface area contributed by atoms with Gasteiger partial charge >= 0.3 is 0 Å². The maximum absolute atomic E-state index is 12.7. The van der Waals surface area contributed by atoms with Crippen molar-refractivity contribution in [2.24, 2.45) is 0 Å².